The molecular formula is C15H19N3O3. The van der Waals surface area contributed by atoms with Crippen molar-refractivity contribution in [3.63, 3.8) is 0 Å². The van der Waals surface area contributed by atoms with Crippen molar-refractivity contribution in [2.45, 2.75) is 33.7 Å². The van der Waals surface area contributed by atoms with Crippen molar-refractivity contribution in [3.8, 4) is 5.75 Å². The number of hydrogen-bond acceptors (Lipinski definition) is 4. The van der Waals surface area contributed by atoms with E-state index in [4.69, 9.17) is 9.84 Å². The van der Waals surface area contributed by atoms with Gasteiger partial charge in [-0.25, -0.2) is 9.48 Å². The van der Waals surface area contributed by atoms with Crippen molar-refractivity contribution < 1.29 is 14.6 Å². The molecule has 0 aliphatic rings. The van der Waals surface area contributed by atoms with Crippen LogP contribution in [0, 0.1) is 20.8 Å². The highest BCUT2D eigenvalue weighted by atomic mass is 16.5. The number of carboxylic acids is 1. The maximum absolute atomic E-state index is 10.9. The monoisotopic (exact) mass is 289 g/mol. The van der Waals surface area contributed by atoms with E-state index in [1.807, 2.05) is 32.0 Å². The average molecular weight is 289 g/mol. The molecule has 0 saturated heterocycles. The highest BCUT2D eigenvalue weighted by molar-refractivity contribution is 5.86. The van der Waals surface area contributed by atoms with E-state index in [-0.39, 0.29) is 5.69 Å². The van der Waals surface area contributed by atoms with Crippen molar-refractivity contribution in [3.05, 3.63) is 40.7 Å². The van der Waals surface area contributed by atoms with Crippen LogP contribution in [0.4, 0.5) is 0 Å². The minimum Gasteiger partial charge on any atom is -0.493 e. The molecule has 1 aromatic carbocycles. The maximum atomic E-state index is 10.9. The molecule has 0 unspecified atom stereocenters. The van der Waals surface area contributed by atoms with Crippen molar-refractivity contribution >= 4 is 5.97 Å². The number of hydrogen-bond donors (Lipinski definition) is 1. The lowest BCUT2D eigenvalue weighted by Crippen LogP contribution is -2.09. The van der Waals surface area contributed by atoms with Gasteiger partial charge >= 0.3 is 5.97 Å². The number of carbonyl (C=O) groups is 1. The van der Waals surface area contributed by atoms with Gasteiger partial charge in [-0.2, -0.15) is 0 Å². The van der Waals surface area contributed by atoms with Gasteiger partial charge in [0.2, 0.25) is 0 Å². The fraction of sp³-hybridized carbons (Fsp3) is 0.400. The van der Waals surface area contributed by atoms with Crippen molar-refractivity contribution in [2.75, 3.05) is 6.61 Å². The largest absolute Gasteiger partial charge is 0.493 e. The normalized spacial score (nSPS) is 10.6. The van der Waals surface area contributed by atoms with Crippen molar-refractivity contribution in [1.82, 2.24) is 15.0 Å². The lowest BCUT2D eigenvalue weighted by Gasteiger charge is -2.12. The Balaban J connectivity index is 1.89. The van der Waals surface area contributed by atoms with E-state index >= 15 is 0 Å². The highest BCUT2D eigenvalue weighted by Gasteiger charge is 2.14. The van der Waals surface area contributed by atoms with E-state index in [1.54, 1.807) is 11.6 Å². The first-order valence-electron chi connectivity index (χ1n) is 6.83. The second kappa shape index (κ2) is 6.39. The molecule has 6 nitrogen and oxygen atoms in total. The van der Waals surface area contributed by atoms with Crippen LogP contribution in [0.1, 0.15) is 33.7 Å². The van der Waals surface area contributed by atoms with Crippen LogP contribution in [0.3, 0.4) is 0 Å². The molecule has 0 spiro atoms. The molecule has 0 saturated carbocycles. The third-order valence-corrected chi connectivity index (χ3v) is 3.35. The Morgan fingerprint density at radius 2 is 1.95 bits per heavy atom. The molecule has 6 heteroatoms. The summed E-state index contributed by atoms with van der Waals surface area (Å²) in [7, 11) is 0. The highest BCUT2D eigenvalue weighted by Crippen LogP contribution is 2.22. The predicted molar refractivity (Wildman–Crippen MR) is 77.7 cm³/mol. The van der Waals surface area contributed by atoms with Crippen LogP contribution in [0.25, 0.3) is 0 Å². The number of rotatable bonds is 6. The molecule has 112 valence electrons. The predicted octanol–water partition coefficient (Wildman–Crippen LogP) is 2.37. The van der Waals surface area contributed by atoms with Gasteiger partial charge in [0.05, 0.1) is 12.3 Å². The van der Waals surface area contributed by atoms with Gasteiger partial charge in [0, 0.05) is 13.0 Å². The van der Waals surface area contributed by atoms with Gasteiger partial charge in [-0.05, 0) is 31.9 Å². The molecule has 0 aliphatic heterocycles. The van der Waals surface area contributed by atoms with Gasteiger partial charge < -0.3 is 9.84 Å². The number of nitrogens with zero attached hydrogens (tertiary/aromatic N) is 3. The number of carboxylic acid groups (broad SMARTS) is 1. The lowest BCUT2D eigenvalue weighted by molar-refractivity contribution is 0.0689. The van der Waals surface area contributed by atoms with E-state index < -0.39 is 5.97 Å². The number of ether oxygens (including phenoxy) is 1. The van der Waals surface area contributed by atoms with Gasteiger partial charge in [0.1, 0.15) is 5.75 Å². The van der Waals surface area contributed by atoms with Crippen molar-refractivity contribution in [2.24, 2.45) is 0 Å². The summed E-state index contributed by atoms with van der Waals surface area (Å²) in [6.45, 7) is 6.87. The molecule has 0 amide bonds. The average Bonchev–Trinajstić information content (AvgIpc) is 2.79. The minimum atomic E-state index is -1.05. The molecule has 0 radical (unpaired) electrons. The molecule has 0 aliphatic carbocycles. The first kappa shape index (κ1) is 15.0. The zero-order valence-corrected chi connectivity index (χ0v) is 12.5. The Bertz CT molecular complexity index is 629. The van der Waals surface area contributed by atoms with Crippen LogP contribution in [-0.2, 0) is 6.54 Å². The SMILES string of the molecule is Cc1cccc(C)c1OCCCn1nnc(C(=O)O)c1C. The summed E-state index contributed by atoms with van der Waals surface area (Å²) in [5.41, 5.74) is 2.79. The summed E-state index contributed by atoms with van der Waals surface area (Å²) < 4.78 is 7.40. The van der Waals surface area contributed by atoms with E-state index in [0.29, 0.717) is 18.8 Å². The first-order chi connectivity index (χ1) is 10.0. The fourth-order valence-electron chi connectivity index (χ4n) is 2.19. The summed E-state index contributed by atoms with van der Waals surface area (Å²) in [5.74, 6) is -0.135. The van der Waals surface area contributed by atoms with E-state index in [1.165, 1.54) is 0 Å². The number of aromatic carboxylic acids is 1. The quantitative estimate of drug-likeness (QED) is 0.826. The molecule has 2 aromatic rings. The lowest BCUT2D eigenvalue weighted by atomic mass is 10.1. The first-order valence-corrected chi connectivity index (χ1v) is 6.83. The van der Waals surface area contributed by atoms with E-state index in [0.717, 1.165) is 23.3 Å². The summed E-state index contributed by atoms with van der Waals surface area (Å²) >= 11 is 0. The second-order valence-corrected chi connectivity index (χ2v) is 4.97. The van der Waals surface area contributed by atoms with Crippen LogP contribution in [0.15, 0.2) is 18.2 Å². The van der Waals surface area contributed by atoms with Crippen molar-refractivity contribution in [1.29, 1.82) is 0 Å². The number of para-hydroxylation sites is 1. The Morgan fingerprint density at radius 1 is 1.29 bits per heavy atom. The van der Waals surface area contributed by atoms with Gasteiger partial charge in [0.15, 0.2) is 5.69 Å². The molecule has 0 atom stereocenters. The molecule has 1 heterocycles. The zero-order chi connectivity index (χ0) is 15.4. The Kier molecular flexibility index (Phi) is 4.57. The summed E-state index contributed by atoms with van der Waals surface area (Å²) in [4.78, 5) is 10.9. The number of benzene rings is 1. The minimum absolute atomic E-state index is 0.00525. The van der Waals surface area contributed by atoms with Crippen LogP contribution < -0.4 is 4.74 Å². The molecule has 0 fully saturated rings. The fourth-order valence-corrected chi connectivity index (χ4v) is 2.19. The van der Waals surface area contributed by atoms with Crippen LogP contribution in [0.2, 0.25) is 0 Å². The summed E-state index contributed by atoms with van der Waals surface area (Å²) in [6, 6.07) is 6.04. The van der Waals surface area contributed by atoms with Crippen LogP contribution in [-0.4, -0.2) is 32.7 Å². The Hall–Kier alpha value is -2.37. The molecule has 21 heavy (non-hydrogen) atoms. The number of aryl methyl sites for hydroxylation is 3. The van der Waals surface area contributed by atoms with Gasteiger partial charge in [-0.15, -0.1) is 5.10 Å². The number of aromatic nitrogens is 3. The van der Waals surface area contributed by atoms with E-state index in [2.05, 4.69) is 10.3 Å². The molecular weight excluding hydrogens is 270 g/mol. The molecule has 1 N–H and O–H groups in total. The molecule has 2 rings (SSSR count). The third kappa shape index (κ3) is 3.39. The van der Waals surface area contributed by atoms with E-state index in [9.17, 15) is 4.79 Å². The van der Waals surface area contributed by atoms with Gasteiger partial charge in [-0.3, -0.25) is 0 Å². The van der Waals surface area contributed by atoms with Gasteiger partial charge in [0.25, 0.3) is 0 Å². The Morgan fingerprint density at radius 3 is 2.52 bits per heavy atom. The second-order valence-electron chi connectivity index (χ2n) is 4.97. The third-order valence-electron chi connectivity index (χ3n) is 3.35. The topological polar surface area (TPSA) is 77.2 Å². The zero-order valence-electron chi connectivity index (χ0n) is 12.5. The maximum Gasteiger partial charge on any atom is 0.358 e. The van der Waals surface area contributed by atoms with Crippen LogP contribution >= 0.6 is 0 Å². The Labute approximate surface area is 123 Å². The van der Waals surface area contributed by atoms with Gasteiger partial charge in [-0.1, -0.05) is 23.4 Å². The summed E-state index contributed by atoms with van der Waals surface area (Å²) in [5, 5.41) is 16.4. The standard InChI is InChI=1S/C15H19N3O3/c1-10-6-4-7-11(2)14(10)21-9-5-8-18-12(3)13(15(19)20)16-17-18/h4,6-7H,5,8-9H2,1-3H3,(H,19,20). The molecule has 1 aromatic heterocycles. The molecule has 0 bridgehead atoms. The summed E-state index contributed by atoms with van der Waals surface area (Å²) in [6.07, 6.45) is 0.733. The smallest absolute Gasteiger partial charge is 0.358 e. The van der Waals surface area contributed by atoms with Crippen LogP contribution in [0.5, 0.6) is 5.75 Å².